The molecular formula is C46H45IrN3SSi-2. The van der Waals surface area contributed by atoms with Gasteiger partial charge in [0.1, 0.15) is 0 Å². The van der Waals surface area contributed by atoms with Crippen LogP contribution in [0.3, 0.4) is 0 Å². The van der Waals surface area contributed by atoms with Crippen molar-refractivity contribution >= 4 is 55.8 Å². The summed E-state index contributed by atoms with van der Waals surface area (Å²) in [5.74, 6) is 0.334. The number of hydrogen-bond acceptors (Lipinski definition) is 3. The van der Waals surface area contributed by atoms with Gasteiger partial charge in [-0.25, -0.2) is 0 Å². The molecule has 3 heterocycles. The molecule has 1 radical (unpaired) electrons. The Labute approximate surface area is 332 Å². The maximum Gasteiger partial charge on any atom is 0.0799 e. The standard InChI is InChI=1S/C29H23N2S.C17H22NSi.Ir/c1-18(2)31-26-10-5-4-9-25(26)30-29(31)24-8-6-7-23-22-16-15-21(17-27(22)32-28(23)24)20-13-11-19(3)12-14-20;1-13(2)15-11-16(14-9-7-6-8-10-14)18-12-17(15)19(3,4)5;/h4-7,9-18H,1-3H3;6-9,11-13H,1-5H3;/q2*-1;/i3D3;13D;. The molecule has 0 fully saturated rings. The van der Waals surface area contributed by atoms with E-state index in [9.17, 15) is 0 Å². The maximum atomic E-state index is 8.44. The zero-order chi connectivity index (χ0) is 39.3. The number of pyridine rings is 1. The van der Waals surface area contributed by atoms with Gasteiger partial charge in [0.2, 0.25) is 0 Å². The number of fused-ring (bicyclic) bond motifs is 4. The Kier molecular flexibility index (Phi) is 9.62. The molecule has 3 nitrogen and oxygen atoms in total. The third kappa shape index (κ3) is 7.49. The zero-order valence-corrected chi connectivity index (χ0v) is 34.8. The van der Waals surface area contributed by atoms with Gasteiger partial charge in [0, 0.05) is 42.5 Å². The molecule has 0 spiro atoms. The Bertz CT molecular complexity index is 2640. The first-order chi connectivity index (χ1) is 26.0. The van der Waals surface area contributed by atoms with E-state index in [2.05, 4.69) is 104 Å². The summed E-state index contributed by atoms with van der Waals surface area (Å²) in [6.07, 6.45) is 1.98. The van der Waals surface area contributed by atoms with Crippen molar-refractivity contribution in [3.05, 3.63) is 139 Å². The van der Waals surface area contributed by atoms with E-state index in [1.54, 1.807) is 23.5 Å². The van der Waals surface area contributed by atoms with Crippen LogP contribution in [0.2, 0.25) is 19.6 Å². The minimum absolute atomic E-state index is 0. The molecule has 0 atom stereocenters. The predicted octanol–water partition coefficient (Wildman–Crippen LogP) is 12.6. The molecule has 52 heavy (non-hydrogen) atoms. The van der Waals surface area contributed by atoms with E-state index in [1.165, 1.54) is 25.4 Å². The zero-order valence-electron chi connectivity index (χ0n) is 34.6. The summed E-state index contributed by atoms with van der Waals surface area (Å²) in [4.78, 5) is 9.62. The van der Waals surface area contributed by atoms with Gasteiger partial charge in [0.15, 0.2) is 0 Å². The summed E-state index contributed by atoms with van der Waals surface area (Å²) in [5.41, 5.74) is 8.57. The minimum Gasteiger partial charge on any atom is -0.362 e. The number of rotatable bonds is 6. The second kappa shape index (κ2) is 15.4. The smallest absolute Gasteiger partial charge is 0.0799 e. The average molecular weight is 896 g/mol. The molecule has 8 aromatic rings. The molecule has 0 aliphatic rings. The van der Waals surface area contributed by atoms with Crippen LogP contribution in [-0.2, 0) is 20.1 Å². The Hall–Kier alpha value is -4.19. The fourth-order valence-electron chi connectivity index (χ4n) is 6.66. The third-order valence-electron chi connectivity index (χ3n) is 9.22. The molecule has 0 bridgehead atoms. The van der Waals surface area contributed by atoms with E-state index in [1.807, 2.05) is 68.6 Å². The number of hydrogen-bond donors (Lipinski definition) is 0. The molecule has 6 heteroatoms. The maximum absolute atomic E-state index is 8.44. The monoisotopic (exact) mass is 896 g/mol. The number of para-hydroxylation sites is 2. The number of imidazole rings is 1. The number of thiophene rings is 1. The van der Waals surface area contributed by atoms with Crippen LogP contribution >= 0.6 is 11.3 Å². The van der Waals surface area contributed by atoms with Crippen LogP contribution in [0.4, 0.5) is 0 Å². The summed E-state index contributed by atoms with van der Waals surface area (Å²) < 4.78 is 35.9. The van der Waals surface area contributed by atoms with E-state index >= 15 is 0 Å². The summed E-state index contributed by atoms with van der Waals surface area (Å²) in [6.45, 7) is 13.1. The quantitative estimate of drug-likeness (QED) is 0.123. The first-order valence-electron chi connectivity index (χ1n) is 19.4. The summed E-state index contributed by atoms with van der Waals surface area (Å²) in [5, 5.41) is 3.68. The molecule has 5 aromatic carbocycles. The number of aryl methyl sites for hydroxylation is 1. The van der Waals surface area contributed by atoms with Crippen molar-refractivity contribution in [1.29, 1.82) is 0 Å². The van der Waals surface area contributed by atoms with Crippen molar-refractivity contribution in [3.63, 3.8) is 0 Å². The van der Waals surface area contributed by atoms with Crippen molar-refractivity contribution in [3.8, 4) is 33.8 Å². The van der Waals surface area contributed by atoms with Gasteiger partial charge < -0.3 is 9.55 Å². The number of aromatic nitrogens is 3. The summed E-state index contributed by atoms with van der Waals surface area (Å²) in [6, 6.07) is 42.9. The van der Waals surface area contributed by atoms with Crippen LogP contribution in [-0.4, -0.2) is 22.6 Å². The van der Waals surface area contributed by atoms with Gasteiger partial charge in [-0.3, -0.25) is 4.98 Å². The number of nitrogens with zero attached hydrogens (tertiary/aromatic N) is 3. The molecular weight excluding hydrogens is 847 g/mol. The average Bonchev–Trinajstić information content (AvgIpc) is 3.73. The van der Waals surface area contributed by atoms with E-state index in [0.29, 0.717) is 5.56 Å². The van der Waals surface area contributed by atoms with Crippen molar-refractivity contribution in [2.24, 2.45) is 0 Å². The Balaban J connectivity index is 0.000000217. The first-order valence-corrected chi connectivity index (χ1v) is 21.8. The van der Waals surface area contributed by atoms with Gasteiger partial charge in [-0.05, 0) is 76.9 Å². The van der Waals surface area contributed by atoms with Gasteiger partial charge in [0.05, 0.1) is 24.9 Å². The van der Waals surface area contributed by atoms with Crippen LogP contribution in [0.15, 0.2) is 115 Å². The molecule has 0 saturated carbocycles. The Morgan fingerprint density at radius 3 is 2.25 bits per heavy atom. The molecule has 0 aliphatic carbocycles. The van der Waals surface area contributed by atoms with E-state index in [-0.39, 0.29) is 26.1 Å². The van der Waals surface area contributed by atoms with E-state index < -0.39 is 20.8 Å². The fraction of sp³-hybridized carbons (Fsp3) is 0.217. The topological polar surface area (TPSA) is 30.7 Å². The molecule has 265 valence electrons. The molecule has 0 aliphatic heterocycles. The van der Waals surface area contributed by atoms with Crippen molar-refractivity contribution < 1.29 is 25.6 Å². The van der Waals surface area contributed by atoms with Gasteiger partial charge in [-0.1, -0.05) is 110 Å². The Morgan fingerprint density at radius 1 is 0.808 bits per heavy atom. The van der Waals surface area contributed by atoms with Crippen molar-refractivity contribution in [2.45, 2.75) is 66.1 Å². The molecule has 0 unspecified atom stereocenters. The Morgan fingerprint density at radius 2 is 1.56 bits per heavy atom. The fourth-order valence-corrected chi connectivity index (χ4v) is 9.48. The second-order valence-electron chi connectivity index (χ2n) is 14.5. The van der Waals surface area contributed by atoms with Crippen LogP contribution in [0, 0.1) is 19.0 Å². The molecule has 0 amide bonds. The van der Waals surface area contributed by atoms with Gasteiger partial charge in [0.25, 0.3) is 0 Å². The third-order valence-corrected chi connectivity index (χ3v) is 12.4. The van der Waals surface area contributed by atoms with Crippen LogP contribution in [0.25, 0.3) is 65.0 Å². The van der Waals surface area contributed by atoms with Gasteiger partial charge >= 0.3 is 0 Å². The SMILES string of the molecule is [2H]C(C)(C)c1cc(-c2[c-]cccc2)ncc1[Si](C)(C)C.[2H]C([2H])([2H])c1ccc(-c2ccc3c(c2)sc2c(-c4nc5ccccc5n4C(C)C)[c-]ccc23)cc1.[Ir]. The largest absolute Gasteiger partial charge is 0.362 e. The number of benzene rings is 5. The van der Waals surface area contributed by atoms with Crippen LogP contribution in [0.1, 0.15) is 56.2 Å². The van der Waals surface area contributed by atoms with E-state index in [0.717, 1.165) is 50.4 Å². The predicted molar refractivity (Wildman–Crippen MR) is 223 cm³/mol. The second-order valence-corrected chi connectivity index (χ2v) is 20.6. The summed E-state index contributed by atoms with van der Waals surface area (Å²) >= 11 is 1.76. The van der Waals surface area contributed by atoms with Crippen LogP contribution < -0.4 is 5.19 Å². The first kappa shape index (κ1) is 32.5. The van der Waals surface area contributed by atoms with Crippen molar-refractivity contribution in [2.75, 3.05) is 0 Å². The normalized spacial score (nSPS) is 13.2. The molecule has 0 saturated heterocycles. The van der Waals surface area contributed by atoms with Crippen molar-refractivity contribution in [1.82, 2.24) is 14.5 Å². The van der Waals surface area contributed by atoms with Gasteiger partial charge in [-0.2, -0.15) is 11.3 Å². The molecule has 3 aromatic heterocycles. The minimum atomic E-state index is -2.09. The van der Waals surface area contributed by atoms with E-state index in [4.69, 9.17) is 10.5 Å². The van der Waals surface area contributed by atoms with Gasteiger partial charge in [-0.15, -0.1) is 54.1 Å². The molecule has 0 N–H and O–H groups in total. The summed E-state index contributed by atoms with van der Waals surface area (Å²) in [7, 11) is -1.50. The van der Waals surface area contributed by atoms with Crippen LogP contribution in [0.5, 0.6) is 0 Å². The molecule has 8 rings (SSSR count).